The number of carbonyl (C=O) groups excluding carboxylic acids is 1. The molecule has 0 aromatic heterocycles. The SMILES string of the molecule is CCCC(O)(CCC)CC(=O)NC1CCCC1. The molecule has 1 aliphatic carbocycles. The second kappa shape index (κ2) is 7.00. The Bertz CT molecular complexity index is 228. The summed E-state index contributed by atoms with van der Waals surface area (Å²) in [7, 11) is 0. The highest BCUT2D eigenvalue weighted by atomic mass is 16.3. The van der Waals surface area contributed by atoms with Crippen LogP contribution in [0.3, 0.4) is 0 Å². The van der Waals surface area contributed by atoms with Crippen LogP contribution in [0.2, 0.25) is 0 Å². The molecule has 0 unspecified atom stereocenters. The van der Waals surface area contributed by atoms with Gasteiger partial charge in [-0.3, -0.25) is 4.79 Å². The van der Waals surface area contributed by atoms with Crippen molar-refractivity contribution in [2.24, 2.45) is 0 Å². The van der Waals surface area contributed by atoms with E-state index in [1.165, 1.54) is 12.8 Å². The maximum Gasteiger partial charge on any atom is 0.223 e. The lowest BCUT2D eigenvalue weighted by Gasteiger charge is -2.27. The van der Waals surface area contributed by atoms with Gasteiger partial charge in [0, 0.05) is 6.04 Å². The Kier molecular flexibility index (Phi) is 5.96. The Morgan fingerprint density at radius 3 is 2.24 bits per heavy atom. The third kappa shape index (κ3) is 5.07. The number of carbonyl (C=O) groups is 1. The largest absolute Gasteiger partial charge is 0.389 e. The fourth-order valence-corrected chi connectivity index (χ4v) is 2.88. The first-order valence-electron chi connectivity index (χ1n) is 7.11. The standard InChI is InChI=1S/C14H27NO2/c1-3-9-14(17,10-4-2)11-13(16)15-12-7-5-6-8-12/h12,17H,3-11H2,1-2H3,(H,15,16). The van der Waals surface area contributed by atoms with Crippen molar-refractivity contribution in [3.63, 3.8) is 0 Å². The molecule has 100 valence electrons. The van der Waals surface area contributed by atoms with Crippen molar-refractivity contribution in [1.29, 1.82) is 0 Å². The highest BCUT2D eigenvalue weighted by Gasteiger charge is 2.29. The summed E-state index contributed by atoms with van der Waals surface area (Å²) in [6.07, 6.45) is 8.21. The molecule has 0 aromatic rings. The van der Waals surface area contributed by atoms with E-state index in [0.29, 0.717) is 6.04 Å². The van der Waals surface area contributed by atoms with Gasteiger partial charge >= 0.3 is 0 Å². The molecule has 1 saturated carbocycles. The van der Waals surface area contributed by atoms with E-state index in [2.05, 4.69) is 19.2 Å². The van der Waals surface area contributed by atoms with Gasteiger partial charge in [0.25, 0.3) is 0 Å². The van der Waals surface area contributed by atoms with Crippen molar-refractivity contribution in [2.45, 2.75) is 83.3 Å². The fraction of sp³-hybridized carbons (Fsp3) is 0.929. The average Bonchev–Trinajstić information content (AvgIpc) is 2.70. The second-order valence-corrected chi connectivity index (χ2v) is 5.45. The molecular formula is C14H27NO2. The monoisotopic (exact) mass is 241 g/mol. The summed E-state index contributed by atoms with van der Waals surface area (Å²) in [4.78, 5) is 11.9. The van der Waals surface area contributed by atoms with Crippen LogP contribution in [0.4, 0.5) is 0 Å². The molecule has 0 radical (unpaired) electrons. The second-order valence-electron chi connectivity index (χ2n) is 5.45. The van der Waals surface area contributed by atoms with Crippen molar-refractivity contribution in [3.05, 3.63) is 0 Å². The van der Waals surface area contributed by atoms with Gasteiger partial charge in [-0.25, -0.2) is 0 Å². The third-order valence-electron chi connectivity index (χ3n) is 3.64. The first kappa shape index (κ1) is 14.5. The van der Waals surface area contributed by atoms with Gasteiger partial charge in [0.2, 0.25) is 5.91 Å². The molecule has 0 spiro atoms. The Morgan fingerprint density at radius 1 is 1.24 bits per heavy atom. The number of nitrogens with one attached hydrogen (secondary N) is 1. The van der Waals surface area contributed by atoms with Crippen molar-refractivity contribution < 1.29 is 9.90 Å². The maximum absolute atomic E-state index is 11.9. The van der Waals surface area contributed by atoms with E-state index in [-0.39, 0.29) is 12.3 Å². The van der Waals surface area contributed by atoms with Gasteiger partial charge in [-0.1, -0.05) is 39.5 Å². The molecule has 0 heterocycles. The van der Waals surface area contributed by atoms with E-state index in [9.17, 15) is 9.90 Å². The molecule has 1 rings (SSSR count). The van der Waals surface area contributed by atoms with Crippen LogP contribution in [0.1, 0.15) is 71.6 Å². The lowest BCUT2D eigenvalue weighted by molar-refractivity contribution is -0.127. The van der Waals surface area contributed by atoms with Gasteiger partial charge in [0.1, 0.15) is 0 Å². The number of hydrogen-bond donors (Lipinski definition) is 2. The van der Waals surface area contributed by atoms with Crippen LogP contribution in [0.5, 0.6) is 0 Å². The highest BCUT2D eigenvalue weighted by molar-refractivity contribution is 5.77. The minimum atomic E-state index is -0.786. The minimum absolute atomic E-state index is 0.0290. The number of rotatable bonds is 7. The van der Waals surface area contributed by atoms with E-state index in [1.807, 2.05) is 0 Å². The van der Waals surface area contributed by atoms with E-state index in [0.717, 1.165) is 38.5 Å². The van der Waals surface area contributed by atoms with Crippen LogP contribution in [-0.4, -0.2) is 22.7 Å². The van der Waals surface area contributed by atoms with Gasteiger partial charge in [-0.05, 0) is 25.7 Å². The van der Waals surface area contributed by atoms with Crippen molar-refractivity contribution >= 4 is 5.91 Å². The van der Waals surface area contributed by atoms with Gasteiger partial charge in [0.05, 0.1) is 12.0 Å². The summed E-state index contributed by atoms with van der Waals surface area (Å²) < 4.78 is 0. The van der Waals surface area contributed by atoms with Crippen LogP contribution in [0.25, 0.3) is 0 Å². The Labute approximate surface area is 105 Å². The Morgan fingerprint density at radius 2 is 1.76 bits per heavy atom. The first-order chi connectivity index (χ1) is 8.09. The molecule has 1 amide bonds. The third-order valence-corrected chi connectivity index (χ3v) is 3.64. The minimum Gasteiger partial charge on any atom is -0.389 e. The smallest absolute Gasteiger partial charge is 0.223 e. The van der Waals surface area contributed by atoms with E-state index < -0.39 is 5.60 Å². The molecule has 0 bridgehead atoms. The molecule has 0 atom stereocenters. The van der Waals surface area contributed by atoms with Crippen LogP contribution in [0.15, 0.2) is 0 Å². The molecule has 0 saturated heterocycles. The molecule has 3 nitrogen and oxygen atoms in total. The first-order valence-corrected chi connectivity index (χ1v) is 7.11. The molecule has 1 fully saturated rings. The molecule has 0 aromatic carbocycles. The quantitative estimate of drug-likeness (QED) is 0.720. The highest BCUT2D eigenvalue weighted by Crippen LogP contribution is 2.24. The topological polar surface area (TPSA) is 49.3 Å². The van der Waals surface area contributed by atoms with Gasteiger partial charge in [0.15, 0.2) is 0 Å². The van der Waals surface area contributed by atoms with E-state index in [1.54, 1.807) is 0 Å². The fourth-order valence-electron chi connectivity index (χ4n) is 2.88. The van der Waals surface area contributed by atoms with E-state index in [4.69, 9.17) is 0 Å². The zero-order chi connectivity index (χ0) is 12.7. The summed E-state index contributed by atoms with van der Waals surface area (Å²) in [5, 5.41) is 13.4. The van der Waals surface area contributed by atoms with E-state index >= 15 is 0 Å². The molecule has 2 N–H and O–H groups in total. The normalized spacial score (nSPS) is 17.4. The summed E-state index contributed by atoms with van der Waals surface area (Å²) in [5.74, 6) is 0.0290. The lowest BCUT2D eigenvalue weighted by Crippen LogP contribution is -2.40. The van der Waals surface area contributed by atoms with Gasteiger partial charge in [-0.2, -0.15) is 0 Å². The summed E-state index contributed by atoms with van der Waals surface area (Å²) in [6.45, 7) is 4.10. The summed E-state index contributed by atoms with van der Waals surface area (Å²) in [6, 6.07) is 0.356. The number of hydrogen-bond acceptors (Lipinski definition) is 2. The molecular weight excluding hydrogens is 214 g/mol. The molecule has 1 aliphatic rings. The zero-order valence-electron chi connectivity index (χ0n) is 11.3. The van der Waals surface area contributed by atoms with Crippen LogP contribution in [0, 0.1) is 0 Å². The summed E-state index contributed by atoms with van der Waals surface area (Å²) in [5.41, 5.74) is -0.786. The molecule has 3 heteroatoms. The van der Waals surface area contributed by atoms with Crippen LogP contribution >= 0.6 is 0 Å². The number of amides is 1. The van der Waals surface area contributed by atoms with Gasteiger partial charge in [-0.15, -0.1) is 0 Å². The van der Waals surface area contributed by atoms with Crippen LogP contribution < -0.4 is 5.32 Å². The number of aliphatic hydroxyl groups is 1. The Balaban J connectivity index is 2.39. The Hall–Kier alpha value is -0.570. The molecule has 0 aliphatic heterocycles. The average molecular weight is 241 g/mol. The van der Waals surface area contributed by atoms with Crippen molar-refractivity contribution in [2.75, 3.05) is 0 Å². The lowest BCUT2D eigenvalue weighted by atomic mass is 9.89. The predicted molar refractivity (Wildman–Crippen MR) is 69.8 cm³/mol. The van der Waals surface area contributed by atoms with Crippen LogP contribution in [-0.2, 0) is 4.79 Å². The van der Waals surface area contributed by atoms with Gasteiger partial charge < -0.3 is 10.4 Å². The summed E-state index contributed by atoms with van der Waals surface area (Å²) >= 11 is 0. The van der Waals surface area contributed by atoms with Crippen molar-refractivity contribution in [1.82, 2.24) is 5.32 Å². The predicted octanol–water partition coefficient (Wildman–Crippen LogP) is 2.77. The zero-order valence-corrected chi connectivity index (χ0v) is 11.3. The maximum atomic E-state index is 11.9. The molecule has 17 heavy (non-hydrogen) atoms. The van der Waals surface area contributed by atoms with Crippen molar-refractivity contribution in [3.8, 4) is 0 Å².